The van der Waals surface area contributed by atoms with Crippen molar-refractivity contribution in [2.75, 3.05) is 22.4 Å². The lowest BCUT2D eigenvalue weighted by atomic mass is 10.3. The van der Waals surface area contributed by atoms with Gasteiger partial charge in [0.2, 0.25) is 15.9 Å². The fraction of sp³-hybridized carbons (Fsp3) is 0.462. The summed E-state index contributed by atoms with van der Waals surface area (Å²) < 4.78 is 25.3. The highest BCUT2D eigenvalue weighted by Gasteiger charge is 2.17. The van der Waals surface area contributed by atoms with Crippen LogP contribution >= 0.6 is 0 Å². The van der Waals surface area contributed by atoms with Gasteiger partial charge in [-0.2, -0.15) is 0 Å². The molecular formula is C13H20N2O3S. The van der Waals surface area contributed by atoms with E-state index < -0.39 is 10.0 Å². The number of sulfonamides is 1. The average molecular weight is 284 g/mol. The van der Waals surface area contributed by atoms with Gasteiger partial charge in [-0.05, 0) is 30.7 Å². The standard InChI is InChI=1S/C13H20N2O3S/c1-4-5-10-19(17,18)15(3)13-8-6-12(7-9-13)14-11(2)16/h6-9H,4-5,10H2,1-3H3,(H,14,16). The maximum atomic E-state index is 12.0. The van der Waals surface area contributed by atoms with Crippen molar-refractivity contribution in [3.05, 3.63) is 24.3 Å². The quantitative estimate of drug-likeness (QED) is 0.871. The van der Waals surface area contributed by atoms with Crippen molar-refractivity contribution in [3.63, 3.8) is 0 Å². The molecule has 0 heterocycles. The van der Waals surface area contributed by atoms with Crippen LogP contribution in [0.25, 0.3) is 0 Å². The van der Waals surface area contributed by atoms with Crippen LogP contribution in [0.4, 0.5) is 11.4 Å². The first-order valence-electron chi connectivity index (χ1n) is 6.21. The van der Waals surface area contributed by atoms with Crippen molar-refractivity contribution in [3.8, 4) is 0 Å². The Morgan fingerprint density at radius 2 is 1.84 bits per heavy atom. The van der Waals surface area contributed by atoms with Gasteiger partial charge in [-0.1, -0.05) is 13.3 Å². The summed E-state index contributed by atoms with van der Waals surface area (Å²) >= 11 is 0. The molecule has 0 unspecified atom stereocenters. The van der Waals surface area contributed by atoms with Crippen LogP contribution in [0.2, 0.25) is 0 Å². The predicted molar refractivity (Wildman–Crippen MR) is 77.8 cm³/mol. The zero-order valence-corrected chi connectivity index (χ0v) is 12.3. The monoisotopic (exact) mass is 284 g/mol. The van der Waals surface area contributed by atoms with E-state index in [2.05, 4.69) is 5.32 Å². The summed E-state index contributed by atoms with van der Waals surface area (Å²) in [6.07, 6.45) is 1.49. The molecule has 1 N–H and O–H groups in total. The van der Waals surface area contributed by atoms with Crippen molar-refractivity contribution in [2.45, 2.75) is 26.7 Å². The van der Waals surface area contributed by atoms with Gasteiger partial charge in [0.25, 0.3) is 0 Å². The molecular weight excluding hydrogens is 264 g/mol. The summed E-state index contributed by atoms with van der Waals surface area (Å²) in [6.45, 7) is 3.38. The summed E-state index contributed by atoms with van der Waals surface area (Å²) in [4.78, 5) is 10.9. The maximum Gasteiger partial charge on any atom is 0.234 e. The van der Waals surface area contributed by atoms with Gasteiger partial charge in [0.1, 0.15) is 0 Å². The summed E-state index contributed by atoms with van der Waals surface area (Å²) in [5.41, 5.74) is 1.24. The van der Waals surface area contributed by atoms with Crippen molar-refractivity contribution >= 4 is 27.3 Å². The molecule has 19 heavy (non-hydrogen) atoms. The van der Waals surface area contributed by atoms with E-state index in [4.69, 9.17) is 0 Å². The Bertz CT molecular complexity index is 523. The van der Waals surface area contributed by atoms with Crippen LogP contribution in [-0.2, 0) is 14.8 Å². The number of hydrogen-bond acceptors (Lipinski definition) is 3. The molecule has 0 saturated heterocycles. The van der Waals surface area contributed by atoms with E-state index in [1.54, 1.807) is 31.3 Å². The highest BCUT2D eigenvalue weighted by Crippen LogP contribution is 2.20. The molecule has 5 nitrogen and oxygen atoms in total. The number of carbonyl (C=O) groups excluding carboxylic acids is 1. The van der Waals surface area contributed by atoms with Crippen LogP contribution in [0.1, 0.15) is 26.7 Å². The van der Waals surface area contributed by atoms with Gasteiger partial charge in [0.15, 0.2) is 0 Å². The first kappa shape index (κ1) is 15.5. The smallest absolute Gasteiger partial charge is 0.234 e. The van der Waals surface area contributed by atoms with Gasteiger partial charge < -0.3 is 5.32 Å². The SMILES string of the molecule is CCCCS(=O)(=O)N(C)c1ccc(NC(C)=O)cc1. The third-order valence-corrected chi connectivity index (χ3v) is 4.57. The van der Waals surface area contributed by atoms with Gasteiger partial charge in [-0.15, -0.1) is 0 Å². The van der Waals surface area contributed by atoms with E-state index in [0.717, 1.165) is 6.42 Å². The molecule has 1 aromatic rings. The Hall–Kier alpha value is -1.56. The first-order valence-corrected chi connectivity index (χ1v) is 7.82. The lowest BCUT2D eigenvalue weighted by molar-refractivity contribution is -0.114. The second kappa shape index (κ2) is 6.56. The molecule has 0 fully saturated rings. The van der Waals surface area contributed by atoms with E-state index in [9.17, 15) is 13.2 Å². The van der Waals surface area contributed by atoms with E-state index in [1.807, 2.05) is 6.92 Å². The van der Waals surface area contributed by atoms with Crippen LogP contribution in [-0.4, -0.2) is 27.1 Å². The minimum atomic E-state index is -3.27. The van der Waals surface area contributed by atoms with Crippen LogP contribution in [0.15, 0.2) is 24.3 Å². The van der Waals surface area contributed by atoms with Crippen molar-refractivity contribution < 1.29 is 13.2 Å². The number of carbonyl (C=O) groups is 1. The summed E-state index contributed by atoms with van der Waals surface area (Å²) in [6, 6.07) is 6.72. The third kappa shape index (κ3) is 4.55. The summed E-state index contributed by atoms with van der Waals surface area (Å²) in [5.74, 6) is -0.00958. The molecule has 1 rings (SSSR count). The zero-order valence-electron chi connectivity index (χ0n) is 11.5. The zero-order chi connectivity index (χ0) is 14.5. The molecule has 0 saturated carbocycles. The Morgan fingerprint density at radius 1 is 1.26 bits per heavy atom. The number of amides is 1. The molecule has 0 aliphatic heterocycles. The Kier molecular flexibility index (Phi) is 5.35. The molecule has 106 valence electrons. The molecule has 0 spiro atoms. The normalized spacial score (nSPS) is 11.1. The fourth-order valence-corrected chi connectivity index (χ4v) is 2.95. The minimum Gasteiger partial charge on any atom is -0.326 e. The number of nitrogens with zero attached hydrogens (tertiary/aromatic N) is 1. The van der Waals surface area contributed by atoms with Gasteiger partial charge >= 0.3 is 0 Å². The summed E-state index contributed by atoms with van der Waals surface area (Å²) in [5, 5.41) is 2.64. The van der Waals surface area contributed by atoms with Crippen LogP contribution in [0.3, 0.4) is 0 Å². The fourth-order valence-electron chi connectivity index (χ4n) is 1.58. The molecule has 1 amide bonds. The van der Waals surface area contributed by atoms with Crippen LogP contribution in [0, 0.1) is 0 Å². The van der Waals surface area contributed by atoms with E-state index in [1.165, 1.54) is 11.2 Å². The number of benzene rings is 1. The highest BCUT2D eigenvalue weighted by molar-refractivity contribution is 7.92. The number of unbranched alkanes of at least 4 members (excludes halogenated alkanes) is 1. The largest absolute Gasteiger partial charge is 0.326 e. The lowest BCUT2D eigenvalue weighted by Gasteiger charge is -2.19. The van der Waals surface area contributed by atoms with Crippen molar-refractivity contribution in [1.82, 2.24) is 0 Å². The first-order chi connectivity index (χ1) is 8.86. The molecule has 0 atom stereocenters. The van der Waals surface area contributed by atoms with Gasteiger partial charge in [-0.25, -0.2) is 8.42 Å². The van der Waals surface area contributed by atoms with Crippen LogP contribution < -0.4 is 9.62 Å². The topological polar surface area (TPSA) is 66.5 Å². The van der Waals surface area contributed by atoms with Crippen molar-refractivity contribution in [1.29, 1.82) is 0 Å². The number of nitrogens with one attached hydrogen (secondary N) is 1. The highest BCUT2D eigenvalue weighted by atomic mass is 32.2. The van der Waals surface area contributed by atoms with E-state index in [0.29, 0.717) is 17.8 Å². The number of rotatable bonds is 6. The Morgan fingerprint density at radius 3 is 2.32 bits per heavy atom. The molecule has 6 heteroatoms. The molecule has 0 aliphatic rings. The van der Waals surface area contributed by atoms with E-state index >= 15 is 0 Å². The lowest BCUT2D eigenvalue weighted by Crippen LogP contribution is -2.28. The minimum absolute atomic E-state index is 0.146. The number of anilines is 2. The molecule has 0 aliphatic carbocycles. The second-order valence-corrected chi connectivity index (χ2v) is 6.48. The van der Waals surface area contributed by atoms with Gasteiger partial charge in [-0.3, -0.25) is 9.10 Å². The Balaban J connectivity index is 2.82. The van der Waals surface area contributed by atoms with Crippen LogP contribution in [0.5, 0.6) is 0 Å². The third-order valence-electron chi connectivity index (χ3n) is 2.72. The average Bonchev–Trinajstić information content (AvgIpc) is 2.36. The number of hydrogen-bond donors (Lipinski definition) is 1. The molecule has 0 bridgehead atoms. The Labute approximate surface area is 114 Å². The molecule has 1 aromatic carbocycles. The summed E-state index contributed by atoms with van der Waals surface area (Å²) in [7, 11) is -1.73. The predicted octanol–water partition coefficient (Wildman–Crippen LogP) is 2.21. The molecule has 0 aromatic heterocycles. The van der Waals surface area contributed by atoms with Gasteiger partial charge in [0.05, 0.1) is 11.4 Å². The van der Waals surface area contributed by atoms with E-state index in [-0.39, 0.29) is 11.7 Å². The van der Waals surface area contributed by atoms with Crippen molar-refractivity contribution in [2.24, 2.45) is 0 Å². The van der Waals surface area contributed by atoms with Gasteiger partial charge in [0, 0.05) is 19.7 Å². The molecule has 0 radical (unpaired) electrons. The maximum absolute atomic E-state index is 12.0. The second-order valence-electron chi connectivity index (χ2n) is 4.37.